The van der Waals surface area contributed by atoms with Crippen LogP contribution in [0.4, 0.5) is 0 Å². The number of amides is 1. The van der Waals surface area contributed by atoms with Gasteiger partial charge in [-0.2, -0.15) is 0 Å². The van der Waals surface area contributed by atoms with Crippen molar-refractivity contribution >= 4 is 11.9 Å². The lowest BCUT2D eigenvalue weighted by molar-refractivity contribution is -0.305. The first-order valence-electron chi connectivity index (χ1n) is 6.16. The Labute approximate surface area is 112 Å². The number of aliphatic carboxylic acids is 1. The average molecular weight is 264 g/mol. The third-order valence-corrected chi connectivity index (χ3v) is 2.79. The Morgan fingerprint density at radius 2 is 2.00 bits per heavy atom. The van der Waals surface area contributed by atoms with E-state index in [1.807, 2.05) is 32.0 Å². The number of carbonyl (C=O) groups excluding carboxylic acids is 2. The highest BCUT2D eigenvalue weighted by atomic mass is 16.5. The molecular formula is C14H18NO4-. The van der Waals surface area contributed by atoms with Gasteiger partial charge in [0, 0.05) is 12.4 Å². The Morgan fingerprint density at radius 1 is 1.26 bits per heavy atom. The van der Waals surface area contributed by atoms with Crippen molar-refractivity contribution in [2.45, 2.75) is 26.7 Å². The molecule has 0 heterocycles. The first-order valence-corrected chi connectivity index (χ1v) is 6.16. The van der Waals surface area contributed by atoms with E-state index < -0.39 is 5.97 Å². The van der Waals surface area contributed by atoms with Crippen molar-refractivity contribution in [2.75, 3.05) is 13.2 Å². The number of carboxylic acid groups (broad SMARTS) is 1. The standard InChI is InChI=1S/C14H19NO4/c1-10-4-3-5-12(11(10)2)19-9-8-15-13(16)6-7-14(17)18/h3-5H,6-9H2,1-2H3,(H,15,16)(H,17,18)/p-1. The van der Waals surface area contributed by atoms with Crippen LogP contribution in [0.2, 0.25) is 0 Å². The Bertz CT molecular complexity index is 457. The van der Waals surface area contributed by atoms with Crippen molar-refractivity contribution in [1.82, 2.24) is 5.32 Å². The summed E-state index contributed by atoms with van der Waals surface area (Å²) in [4.78, 5) is 21.4. The number of nitrogens with one attached hydrogen (secondary N) is 1. The van der Waals surface area contributed by atoms with Crippen LogP contribution in [0.5, 0.6) is 5.75 Å². The lowest BCUT2D eigenvalue weighted by Crippen LogP contribution is -2.30. The lowest BCUT2D eigenvalue weighted by atomic mass is 10.1. The van der Waals surface area contributed by atoms with E-state index in [4.69, 9.17) is 4.74 Å². The fraction of sp³-hybridized carbons (Fsp3) is 0.429. The zero-order valence-electron chi connectivity index (χ0n) is 11.2. The molecule has 0 saturated heterocycles. The van der Waals surface area contributed by atoms with Crippen molar-refractivity contribution in [1.29, 1.82) is 0 Å². The van der Waals surface area contributed by atoms with E-state index in [-0.39, 0.29) is 18.7 Å². The van der Waals surface area contributed by atoms with Crippen LogP contribution in [-0.4, -0.2) is 25.0 Å². The first-order chi connectivity index (χ1) is 9.00. The molecule has 0 aliphatic carbocycles. The van der Waals surface area contributed by atoms with Gasteiger partial charge in [0.2, 0.25) is 5.91 Å². The summed E-state index contributed by atoms with van der Waals surface area (Å²) in [7, 11) is 0. The molecule has 5 heteroatoms. The van der Waals surface area contributed by atoms with E-state index in [9.17, 15) is 14.7 Å². The van der Waals surface area contributed by atoms with Crippen LogP contribution in [0.1, 0.15) is 24.0 Å². The van der Waals surface area contributed by atoms with Gasteiger partial charge in [-0.3, -0.25) is 4.79 Å². The molecule has 1 aromatic carbocycles. The molecule has 0 bridgehead atoms. The van der Waals surface area contributed by atoms with Crippen LogP contribution in [0.3, 0.4) is 0 Å². The normalized spacial score (nSPS) is 10.0. The number of ether oxygens (including phenoxy) is 1. The molecule has 0 spiro atoms. The molecule has 1 rings (SSSR count). The summed E-state index contributed by atoms with van der Waals surface area (Å²) in [6.07, 6.45) is -0.324. The quantitative estimate of drug-likeness (QED) is 0.720. The largest absolute Gasteiger partial charge is 0.550 e. The Kier molecular flexibility index (Phi) is 5.85. The zero-order chi connectivity index (χ0) is 14.3. The molecular weight excluding hydrogens is 246 g/mol. The van der Waals surface area contributed by atoms with Gasteiger partial charge in [-0.05, 0) is 37.5 Å². The second-order valence-electron chi connectivity index (χ2n) is 4.27. The van der Waals surface area contributed by atoms with Gasteiger partial charge in [0.15, 0.2) is 0 Å². The van der Waals surface area contributed by atoms with E-state index in [1.54, 1.807) is 0 Å². The highest BCUT2D eigenvalue weighted by molar-refractivity contribution is 5.79. The second kappa shape index (κ2) is 7.41. The van der Waals surface area contributed by atoms with Gasteiger partial charge in [0.1, 0.15) is 12.4 Å². The third kappa shape index (κ3) is 5.42. The number of carboxylic acids is 1. The number of carbonyl (C=O) groups is 2. The van der Waals surface area contributed by atoms with Gasteiger partial charge in [0.25, 0.3) is 0 Å². The summed E-state index contributed by atoms with van der Waals surface area (Å²) in [5.41, 5.74) is 2.22. The summed E-state index contributed by atoms with van der Waals surface area (Å²) in [6.45, 7) is 4.67. The van der Waals surface area contributed by atoms with Crippen LogP contribution in [0.15, 0.2) is 18.2 Å². The highest BCUT2D eigenvalue weighted by Crippen LogP contribution is 2.20. The molecule has 0 unspecified atom stereocenters. The van der Waals surface area contributed by atoms with Gasteiger partial charge in [-0.1, -0.05) is 12.1 Å². The maximum absolute atomic E-state index is 11.2. The Hall–Kier alpha value is -2.04. The molecule has 0 aliphatic heterocycles. The highest BCUT2D eigenvalue weighted by Gasteiger charge is 2.03. The second-order valence-corrected chi connectivity index (χ2v) is 4.27. The molecule has 1 aromatic rings. The van der Waals surface area contributed by atoms with E-state index in [1.165, 1.54) is 0 Å². The van der Waals surface area contributed by atoms with Gasteiger partial charge in [-0.15, -0.1) is 0 Å². The molecule has 0 aromatic heterocycles. The number of hydrogen-bond acceptors (Lipinski definition) is 4. The summed E-state index contributed by atoms with van der Waals surface area (Å²) in [6, 6.07) is 5.79. The predicted octanol–water partition coefficient (Wildman–Crippen LogP) is 0.329. The summed E-state index contributed by atoms with van der Waals surface area (Å²) in [5.74, 6) is -0.737. The van der Waals surface area contributed by atoms with Crippen molar-refractivity contribution in [3.63, 3.8) is 0 Å². The zero-order valence-corrected chi connectivity index (χ0v) is 11.2. The van der Waals surface area contributed by atoms with Crippen LogP contribution >= 0.6 is 0 Å². The van der Waals surface area contributed by atoms with Crippen LogP contribution in [0.25, 0.3) is 0 Å². The smallest absolute Gasteiger partial charge is 0.220 e. The van der Waals surface area contributed by atoms with Crippen molar-refractivity contribution < 1.29 is 19.4 Å². The molecule has 5 nitrogen and oxygen atoms in total. The van der Waals surface area contributed by atoms with E-state index in [0.717, 1.165) is 16.9 Å². The monoisotopic (exact) mass is 264 g/mol. The van der Waals surface area contributed by atoms with E-state index in [0.29, 0.717) is 13.2 Å². The lowest BCUT2D eigenvalue weighted by Gasteiger charge is -2.11. The summed E-state index contributed by atoms with van der Waals surface area (Å²) < 4.78 is 5.55. The molecule has 0 saturated carbocycles. The van der Waals surface area contributed by atoms with Crippen LogP contribution < -0.4 is 15.2 Å². The number of hydrogen-bond donors (Lipinski definition) is 1. The van der Waals surface area contributed by atoms with Crippen molar-refractivity contribution in [3.05, 3.63) is 29.3 Å². The van der Waals surface area contributed by atoms with Gasteiger partial charge < -0.3 is 20.0 Å². The van der Waals surface area contributed by atoms with Crippen molar-refractivity contribution in [3.8, 4) is 5.75 Å². The van der Waals surface area contributed by atoms with Crippen molar-refractivity contribution in [2.24, 2.45) is 0 Å². The molecule has 1 N–H and O–H groups in total. The fourth-order valence-electron chi connectivity index (χ4n) is 1.54. The van der Waals surface area contributed by atoms with Gasteiger partial charge in [0.05, 0.1) is 6.54 Å². The molecule has 0 radical (unpaired) electrons. The van der Waals surface area contributed by atoms with E-state index in [2.05, 4.69) is 5.32 Å². The minimum absolute atomic E-state index is 0.0637. The van der Waals surface area contributed by atoms with Gasteiger partial charge in [-0.25, -0.2) is 0 Å². The average Bonchev–Trinajstić information content (AvgIpc) is 2.37. The first kappa shape index (κ1) is 15.0. The van der Waals surface area contributed by atoms with Gasteiger partial charge >= 0.3 is 0 Å². The number of aryl methyl sites for hydroxylation is 1. The molecule has 0 aliphatic rings. The molecule has 1 amide bonds. The SMILES string of the molecule is Cc1cccc(OCCNC(=O)CCC(=O)[O-])c1C. The predicted molar refractivity (Wildman–Crippen MR) is 68.7 cm³/mol. The Morgan fingerprint density at radius 3 is 2.68 bits per heavy atom. The number of benzene rings is 1. The fourth-order valence-corrected chi connectivity index (χ4v) is 1.54. The van der Waals surface area contributed by atoms with Crippen LogP contribution in [0, 0.1) is 13.8 Å². The number of rotatable bonds is 7. The maximum Gasteiger partial charge on any atom is 0.220 e. The summed E-state index contributed by atoms with van der Waals surface area (Å²) >= 11 is 0. The van der Waals surface area contributed by atoms with E-state index >= 15 is 0 Å². The Balaban J connectivity index is 2.25. The molecule has 0 atom stereocenters. The minimum atomic E-state index is -1.22. The maximum atomic E-state index is 11.2. The molecule has 19 heavy (non-hydrogen) atoms. The molecule has 104 valence electrons. The third-order valence-electron chi connectivity index (χ3n) is 2.79. The minimum Gasteiger partial charge on any atom is -0.550 e. The topological polar surface area (TPSA) is 78.5 Å². The summed E-state index contributed by atoms with van der Waals surface area (Å²) in [5, 5.41) is 12.8. The van der Waals surface area contributed by atoms with Crippen LogP contribution in [-0.2, 0) is 9.59 Å². The molecule has 0 fully saturated rings.